The van der Waals surface area contributed by atoms with Crippen LogP contribution in [0.5, 0.6) is 0 Å². The van der Waals surface area contributed by atoms with Crippen LogP contribution in [0.4, 0.5) is 0 Å². The molecule has 3 heterocycles. The molecular weight excluding hydrogens is 282 g/mol. The van der Waals surface area contributed by atoms with E-state index in [1.165, 1.54) is 11.3 Å². The summed E-state index contributed by atoms with van der Waals surface area (Å²) in [7, 11) is -3.31. The summed E-state index contributed by atoms with van der Waals surface area (Å²) < 4.78 is 26.8. The van der Waals surface area contributed by atoms with Gasteiger partial charge < -0.3 is 0 Å². The molecule has 0 radical (unpaired) electrons. The van der Waals surface area contributed by atoms with Gasteiger partial charge in [-0.15, -0.1) is 11.3 Å². The SMILES string of the molecule is Cc1cn[nH]c1[C@@H]1CCN(S(=O)(=O)c2cccs2)C1. The second kappa shape index (κ2) is 4.73. The van der Waals surface area contributed by atoms with Crippen LogP contribution in [0.15, 0.2) is 27.9 Å². The van der Waals surface area contributed by atoms with Crippen molar-refractivity contribution in [3.05, 3.63) is 35.0 Å². The molecule has 1 fully saturated rings. The van der Waals surface area contributed by atoms with Gasteiger partial charge in [0.1, 0.15) is 4.21 Å². The molecule has 1 aliphatic rings. The Bertz CT molecular complexity index is 661. The van der Waals surface area contributed by atoms with Crippen LogP contribution in [0.1, 0.15) is 23.6 Å². The van der Waals surface area contributed by atoms with Crippen molar-refractivity contribution in [1.82, 2.24) is 14.5 Å². The second-order valence-corrected chi connectivity index (χ2v) is 7.86. The molecule has 1 N–H and O–H groups in total. The lowest BCUT2D eigenvalue weighted by Gasteiger charge is -2.15. The minimum atomic E-state index is -3.31. The number of thiophene rings is 1. The fourth-order valence-corrected chi connectivity index (χ4v) is 5.13. The van der Waals surface area contributed by atoms with E-state index in [2.05, 4.69) is 10.2 Å². The maximum atomic E-state index is 12.4. The van der Waals surface area contributed by atoms with E-state index in [9.17, 15) is 8.42 Å². The minimum Gasteiger partial charge on any atom is -0.282 e. The number of aromatic amines is 1. The Morgan fingerprint density at radius 1 is 1.53 bits per heavy atom. The van der Waals surface area contributed by atoms with Crippen molar-refractivity contribution in [2.24, 2.45) is 0 Å². The highest BCUT2D eigenvalue weighted by Crippen LogP contribution is 2.32. The quantitative estimate of drug-likeness (QED) is 0.941. The summed E-state index contributed by atoms with van der Waals surface area (Å²) in [4.78, 5) is 0. The van der Waals surface area contributed by atoms with E-state index >= 15 is 0 Å². The van der Waals surface area contributed by atoms with Gasteiger partial charge in [0.25, 0.3) is 10.0 Å². The smallest absolute Gasteiger partial charge is 0.252 e. The highest BCUT2D eigenvalue weighted by atomic mass is 32.2. The Morgan fingerprint density at radius 2 is 2.37 bits per heavy atom. The van der Waals surface area contributed by atoms with Crippen LogP contribution in [0, 0.1) is 6.92 Å². The van der Waals surface area contributed by atoms with Crippen molar-refractivity contribution in [3.63, 3.8) is 0 Å². The van der Waals surface area contributed by atoms with Gasteiger partial charge in [-0.25, -0.2) is 8.42 Å². The van der Waals surface area contributed by atoms with Gasteiger partial charge in [0.15, 0.2) is 0 Å². The molecule has 0 saturated carbocycles. The van der Waals surface area contributed by atoms with Crippen LogP contribution in [-0.4, -0.2) is 36.0 Å². The molecule has 0 amide bonds. The normalized spacial score (nSPS) is 21.0. The van der Waals surface area contributed by atoms with E-state index in [-0.39, 0.29) is 5.92 Å². The Hall–Kier alpha value is -1.18. The molecule has 0 aliphatic carbocycles. The number of nitrogens with one attached hydrogen (secondary N) is 1. The van der Waals surface area contributed by atoms with Gasteiger partial charge >= 0.3 is 0 Å². The first-order valence-corrected chi connectivity index (χ1v) is 8.44. The summed E-state index contributed by atoms with van der Waals surface area (Å²) in [6.45, 7) is 3.10. The Labute approximate surface area is 116 Å². The predicted molar refractivity (Wildman–Crippen MR) is 73.8 cm³/mol. The molecule has 1 atom stereocenters. The number of hydrogen-bond donors (Lipinski definition) is 1. The second-order valence-electron chi connectivity index (χ2n) is 4.75. The molecule has 0 aromatic carbocycles. The summed E-state index contributed by atoms with van der Waals surface area (Å²) >= 11 is 1.27. The number of hydrogen-bond acceptors (Lipinski definition) is 4. The van der Waals surface area contributed by atoms with Gasteiger partial charge in [0.2, 0.25) is 0 Å². The number of aryl methyl sites for hydroxylation is 1. The lowest BCUT2D eigenvalue weighted by atomic mass is 10.0. The van der Waals surface area contributed by atoms with Crippen molar-refractivity contribution in [3.8, 4) is 0 Å². The van der Waals surface area contributed by atoms with Crippen LogP contribution in [0.25, 0.3) is 0 Å². The zero-order valence-corrected chi connectivity index (χ0v) is 12.2. The molecule has 2 aromatic heterocycles. The maximum Gasteiger partial charge on any atom is 0.252 e. The van der Waals surface area contributed by atoms with E-state index in [1.807, 2.05) is 6.92 Å². The van der Waals surface area contributed by atoms with Crippen molar-refractivity contribution < 1.29 is 8.42 Å². The molecular formula is C12H15N3O2S2. The third-order valence-corrected chi connectivity index (χ3v) is 6.75. The first-order valence-electron chi connectivity index (χ1n) is 6.12. The van der Waals surface area contributed by atoms with Crippen molar-refractivity contribution in [1.29, 1.82) is 0 Å². The molecule has 1 saturated heterocycles. The van der Waals surface area contributed by atoms with Crippen molar-refractivity contribution >= 4 is 21.4 Å². The number of sulfonamides is 1. The lowest BCUT2D eigenvalue weighted by Crippen LogP contribution is -2.28. The number of H-pyrrole nitrogens is 1. The Morgan fingerprint density at radius 3 is 3.00 bits per heavy atom. The van der Waals surface area contributed by atoms with E-state index in [0.29, 0.717) is 17.3 Å². The van der Waals surface area contributed by atoms with Crippen LogP contribution < -0.4 is 0 Å². The summed E-state index contributed by atoms with van der Waals surface area (Å²) in [5, 5.41) is 8.79. The van der Waals surface area contributed by atoms with Crippen molar-refractivity contribution in [2.45, 2.75) is 23.5 Å². The largest absolute Gasteiger partial charge is 0.282 e. The molecule has 0 spiro atoms. The van der Waals surface area contributed by atoms with E-state index in [4.69, 9.17) is 0 Å². The molecule has 0 bridgehead atoms. The highest BCUT2D eigenvalue weighted by Gasteiger charge is 2.34. The first-order chi connectivity index (χ1) is 9.09. The molecule has 3 rings (SSSR count). The summed E-state index contributed by atoms with van der Waals surface area (Å²) in [5.74, 6) is 0.220. The van der Waals surface area contributed by atoms with Gasteiger partial charge in [0, 0.05) is 24.7 Å². The third-order valence-electron chi connectivity index (χ3n) is 3.52. The fourth-order valence-electron chi connectivity index (χ4n) is 2.49. The van der Waals surface area contributed by atoms with Gasteiger partial charge in [0.05, 0.1) is 6.20 Å². The maximum absolute atomic E-state index is 12.4. The monoisotopic (exact) mass is 297 g/mol. The van der Waals surface area contributed by atoms with Crippen LogP contribution in [0.3, 0.4) is 0 Å². The van der Waals surface area contributed by atoms with Gasteiger partial charge in [-0.1, -0.05) is 6.07 Å². The van der Waals surface area contributed by atoms with Crippen molar-refractivity contribution in [2.75, 3.05) is 13.1 Å². The van der Waals surface area contributed by atoms with Gasteiger partial charge in [-0.3, -0.25) is 5.10 Å². The Balaban J connectivity index is 1.82. The molecule has 0 unspecified atom stereocenters. The summed E-state index contributed by atoms with van der Waals surface area (Å²) in [5.41, 5.74) is 2.16. The average Bonchev–Trinajstić information content (AvgIpc) is 3.10. The average molecular weight is 297 g/mol. The van der Waals surface area contributed by atoms with E-state index in [1.54, 1.807) is 28.0 Å². The fraction of sp³-hybridized carbons (Fsp3) is 0.417. The summed E-state index contributed by atoms with van der Waals surface area (Å²) in [6.07, 6.45) is 2.62. The Kier molecular flexibility index (Phi) is 3.20. The molecule has 102 valence electrons. The zero-order valence-electron chi connectivity index (χ0n) is 10.5. The van der Waals surface area contributed by atoms with Crippen LogP contribution in [-0.2, 0) is 10.0 Å². The predicted octanol–water partition coefficient (Wildman–Crippen LogP) is 1.96. The first kappa shape index (κ1) is 12.8. The van der Waals surface area contributed by atoms with Gasteiger partial charge in [-0.05, 0) is 30.4 Å². The molecule has 1 aliphatic heterocycles. The van der Waals surface area contributed by atoms with E-state index < -0.39 is 10.0 Å². The zero-order chi connectivity index (χ0) is 13.5. The molecule has 19 heavy (non-hydrogen) atoms. The molecule has 2 aromatic rings. The summed E-state index contributed by atoms with van der Waals surface area (Å²) in [6, 6.07) is 3.43. The van der Waals surface area contributed by atoms with Crippen LogP contribution >= 0.6 is 11.3 Å². The highest BCUT2D eigenvalue weighted by molar-refractivity contribution is 7.91. The van der Waals surface area contributed by atoms with Crippen LogP contribution in [0.2, 0.25) is 0 Å². The third kappa shape index (κ3) is 2.22. The topological polar surface area (TPSA) is 66.1 Å². The number of rotatable bonds is 3. The van der Waals surface area contributed by atoms with Gasteiger partial charge in [-0.2, -0.15) is 9.40 Å². The minimum absolute atomic E-state index is 0.220. The number of aromatic nitrogens is 2. The standard InChI is InChI=1S/C12H15N3O2S2/c1-9-7-13-14-12(9)10-4-5-15(8-10)19(16,17)11-3-2-6-18-11/h2-3,6-7,10H,4-5,8H2,1H3,(H,13,14)/t10-/m1/s1. The van der Waals surface area contributed by atoms with E-state index in [0.717, 1.165) is 17.7 Å². The molecule has 7 heteroatoms. The lowest BCUT2D eigenvalue weighted by molar-refractivity contribution is 0.473. The number of nitrogens with zero attached hydrogens (tertiary/aromatic N) is 2. The molecule has 5 nitrogen and oxygen atoms in total.